The summed E-state index contributed by atoms with van der Waals surface area (Å²) in [4.78, 5) is 6.40. The van der Waals surface area contributed by atoms with Gasteiger partial charge in [0.2, 0.25) is 0 Å². The lowest BCUT2D eigenvalue weighted by atomic mass is 9.96. The number of nitrogens with zero attached hydrogens (tertiary/aromatic N) is 2. The number of pyridine rings is 1. The van der Waals surface area contributed by atoms with E-state index in [-0.39, 0.29) is 12.8 Å². The first-order valence-electron chi connectivity index (χ1n) is 6.86. The standard InChI is InChI=1S/C14H20F3N3/c1-18-8-11-2-3-13(19-9-11)10-20-6-4-12(5-7-20)14(15,16)17/h2-3,9,12,18H,4-8,10H2,1H3. The smallest absolute Gasteiger partial charge is 0.316 e. The third-order valence-electron chi connectivity index (χ3n) is 3.70. The van der Waals surface area contributed by atoms with Gasteiger partial charge in [-0.1, -0.05) is 6.07 Å². The lowest BCUT2D eigenvalue weighted by Gasteiger charge is -2.32. The fraction of sp³-hybridized carbons (Fsp3) is 0.643. The van der Waals surface area contributed by atoms with E-state index in [1.165, 1.54) is 0 Å². The van der Waals surface area contributed by atoms with Crippen molar-refractivity contribution in [2.45, 2.75) is 32.1 Å². The summed E-state index contributed by atoms with van der Waals surface area (Å²) >= 11 is 0. The summed E-state index contributed by atoms with van der Waals surface area (Å²) in [7, 11) is 1.87. The third kappa shape index (κ3) is 4.18. The second-order valence-corrected chi connectivity index (χ2v) is 5.28. The highest BCUT2D eigenvalue weighted by Crippen LogP contribution is 2.34. The molecule has 112 valence electrons. The summed E-state index contributed by atoms with van der Waals surface area (Å²) in [5.41, 5.74) is 2.02. The summed E-state index contributed by atoms with van der Waals surface area (Å²) in [5, 5.41) is 3.05. The van der Waals surface area contributed by atoms with Crippen LogP contribution in [0, 0.1) is 5.92 Å². The molecule has 1 fully saturated rings. The highest BCUT2D eigenvalue weighted by Gasteiger charge is 2.40. The highest BCUT2D eigenvalue weighted by atomic mass is 19.4. The van der Waals surface area contributed by atoms with E-state index in [1.807, 2.05) is 30.3 Å². The zero-order valence-electron chi connectivity index (χ0n) is 11.6. The van der Waals surface area contributed by atoms with Gasteiger partial charge in [0, 0.05) is 19.3 Å². The molecule has 0 amide bonds. The predicted octanol–water partition coefficient (Wildman–Crippen LogP) is 2.58. The first-order chi connectivity index (χ1) is 9.49. The van der Waals surface area contributed by atoms with Gasteiger partial charge >= 0.3 is 6.18 Å². The average Bonchev–Trinajstić information content (AvgIpc) is 2.41. The SMILES string of the molecule is CNCc1ccc(CN2CCC(C(F)(F)F)CC2)nc1. The van der Waals surface area contributed by atoms with E-state index in [0.717, 1.165) is 17.8 Å². The van der Waals surface area contributed by atoms with Crippen molar-refractivity contribution in [1.82, 2.24) is 15.2 Å². The summed E-state index contributed by atoms with van der Waals surface area (Å²) in [5.74, 6) is -1.13. The van der Waals surface area contributed by atoms with Crippen molar-refractivity contribution in [3.05, 3.63) is 29.6 Å². The van der Waals surface area contributed by atoms with Gasteiger partial charge in [0.15, 0.2) is 0 Å². The van der Waals surface area contributed by atoms with Crippen molar-refractivity contribution in [2.75, 3.05) is 20.1 Å². The molecule has 0 atom stereocenters. The Bertz CT molecular complexity index is 409. The lowest BCUT2D eigenvalue weighted by molar-refractivity contribution is -0.185. The lowest BCUT2D eigenvalue weighted by Crippen LogP contribution is -2.38. The minimum absolute atomic E-state index is 0.196. The number of nitrogens with one attached hydrogen (secondary N) is 1. The van der Waals surface area contributed by atoms with E-state index in [1.54, 1.807) is 0 Å². The quantitative estimate of drug-likeness (QED) is 0.922. The van der Waals surface area contributed by atoms with Crippen LogP contribution in [-0.4, -0.2) is 36.2 Å². The maximum Gasteiger partial charge on any atom is 0.391 e. The number of likely N-dealkylation sites (tertiary alicyclic amines) is 1. The van der Waals surface area contributed by atoms with E-state index in [2.05, 4.69) is 10.3 Å². The summed E-state index contributed by atoms with van der Waals surface area (Å²) < 4.78 is 37.7. The number of hydrogen-bond acceptors (Lipinski definition) is 3. The topological polar surface area (TPSA) is 28.2 Å². The summed E-state index contributed by atoms with van der Waals surface area (Å²) in [6.45, 7) is 2.38. The molecule has 0 unspecified atom stereocenters. The Balaban J connectivity index is 1.83. The molecule has 1 N–H and O–H groups in total. The Morgan fingerprint density at radius 3 is 2.50 bits per heavy atom. The largest absolute Gasteiger partial charge is 0.391 e. The monoisotopic (exact) mass is 287 g/mol. The van der Waals surface area contributed by atoms with Gasteiger partial charge in [-0.2, -0.15) is 13.2 Å². The molecule has 1 aromatic heterocycles. The van der Waals surface area contributed by atoms with Crippen LogP contribution in [0.1, 0.15) is 24.1 Å². The van der Waals surface area contributed by atoms with E-state index >= 15 is 0 Å². The zero-order chi connectivity index (χ0) is 14.6. The first-order valence-corrected chi connectivity index (χ1v) is 6.86. The molecule has 0 bridgehead atoms. The normalized spacial score (nSPS) is 18.4. The van der Waals surface area contributed by atoms with Gasteiger partial charge < -0.3 is 5.32 Å². The maximum atomic E-state index is 12.6. The van der Waals surface area contributed by atoms with E-state index in [9.17, 15) is 13.2 Å². The van der Waals surface area contributed by atoms with Crippen LogP contribution < -0.4 is 5.32 Å². The van der Waals surface area contributed by atoms with Crippen molar-refractivity contribution in [3.8, 4) is 0 Å². The molecule has 0 aromatic carbocycles. The van der Waals surface area contributed by atoms with Gasteiger partial charge in [-0.05, 0) is 44.6 Å². The minimum Gasteiger partial charge on any atom is -0.316 e. The Morgan fingerprint density at radius 2 is 2.00 bits per heavy atom. The molecular formula is C14H20F3N3. The Hall–Kier alpha value is -1.14. The minimum atomic E-state index is -4.04. The number of hydrogen-bond donors (Lipinski definition) is 1. The Labute approximate surface area is 117 Å². The van der Waals surface area contributed by atoms with Gasteiger partial charge in [0.1, 0.15) is 0 Å². The molecule has 0 saturated carbocycles. The summed E-state index contributed by atoms with van der Waals surface area (Å²) in [6.07, 6.45) is -1.84. The van der Waals surface area contributed by atoms with Gasteiger partial charge in [-0.25, -0.2) is 0 Å². The number of rotatable bonds is 4. The molecule has 6 heteroatoms. The van der Waals surface area contributed by atoms with Gasteiger partial charge in [0.05, 0.1) is 11.6 Å². The van der Waals surface area contributed by atoms with Crippen molar-refractivity contribution in [1.29, 1.82) is 0 Å². The zero-order valence-corrected chi connectivity index (χ0v) is 11.6. The molecule has 2 heterocycles. The molecule has 0 spiro atoms. The number of piperidine rings is 1. The Morgan fingerprint density at radius 1 is 1.30 bits per heavy atom. The molecule has 0 radical (unpaired) electrons. The average molecular weight is 287 g/mol. The van der Waals surface area contributed by atoms with E-state index in [4.69, 9.17) is 0 Å². The van der Waals surface area contributed by atoms with Crippen molar-refractivity contribution in [3.63, 3.8) is 0 Å². The fourth-order valence-electron chi connectivity index (χ4n) is 2.50. The van der Waals surface area contributed by atoms with Crippen LogP contribution in [0.15, 0.2) is 18.3 Å². The number of halogens is 3. The molecule has 1 saturated heterocycles. The Kier molecular flexibility index (Phi) is 4.99. The predicted molar refractivity (Wildman–Crippen MR) is 71.1 cm³/mol. The molecule has 20 heavy (non-hydrogen) atoms. The maximum absolute atomic E-state index is 12.6. The van der Waals surface area contributed by atoms with Crippen molar-refractivity contribution >= 4 is 0 Å². The van der Waals surface area contributed by atoms with Gasteiger partial charge in [-0.15, -0.1) is 0 Å². The van der Waals surface area contributed by atoms with E-state index in [0.29, 0.717) is 19.6 Å². The third-order valence-corrected chi connectivity index (χ3v) is 3.70. The van der Waals surface area contributed by atoms with E-state index < -0.39 is 12.1 Å². The van der Waals surface area contributed by atoms with Gasteiger partial charge in [0.25, 0.3) is 0 Å². The first kappa shape index (κ1) is 15.3. The summed E-state index contributed by atoms with van der Waals surface area (Å²) in [6, 6.07) is 3.95. The van der Waals surface area contributed by atoms with Crippen molar-refractivity contribution < 1.29 is 13.2 Å². The van der Waals surface area contributed by atoms with Crippen LogP contribution in [-0.2, 0) is 13.1 Å². The van der Waals surface area contributed by atoms with Crippen LogP contribution in [0.25, 0.3) is 0 Å². The van der Waals surface area contributed by atoms with Crippen LogP contribution >= 0.6 is 0 Å². The number of alkyl halides is 3. The second-order valence-electron chi connectivity index (χ2n) is 5.28. The number of aromatic nitrogens is 1. The fourth-order valence-corrected chi connectivity index (χ4v) is 2.50. The molecule has 1 aliphatic heterocycles. The molecule has 1 aromatic rings. The van der Waals surface area contributed by atoms with Crippen LogP contribution in [0.3, 0.4) is 0 Å². The highest BCUT2D eigenvalue weighted by molar-refractivity contribution is 5.14. The molecule has 0 aliphatic carbocycles. The van der Waals surface area contributed by atoms with Crippen LogP contribution in [0.4, 0.5) is 13.2 Å². The molecule has 3 nitrogen and oxygen atoms in total. The molecule has 2 rings (SSSR count). The van der Waals surface area contributed by atoms with Crippen LogP contribution in [0.5, 0.6) is 0 Å². The second kappa shape index (κ2) is 6.54. The van der Waals surface area contributed by atoms with Gasteiger partial charge in [-0.3, -0.25) is 9.88 Å². The van der Waals surface area contributed by atoms with Crippen LogP contribution in [0.2, 0.25) is 0 Å². The molecule has 1 aliphatic rings. The molecular weight excluding hydrogens is 267 g/mol. The van der Waals surface area contributed by atoms with Crippen molar-refractivity contribution in [2.24, 2.45) is 5.92 Å².